The molecule has 6 heteroatoms. The second-order valence-corrected chi connectivity index (χ2v) is 4.84. The molecule has 1 N–H and O–H groups in total. The molecule has 0 aliphatic carbocycles. The van der Waals surface area contributed by atoms with Gasteiger partial charge in [0.25, 0.3) is 0 Å². The van der Waals surface area contributed by atoms with Crippen molar-refractivity contribution in [2.24, 2.45) is 11.8 Å². The monoisotopic (exact) mass is 250 g/mol. The normalized spacial score (nSPS) is 27.5. The van der Waals surface area contributed by atoms with Gasteiger partial charge in [0, 0.05) is 19.0 Å². The highest BCUT2D eigenvalue weighted by Gasteiger charge is 2.45. The number of carbonyl (C=O) groups excluding carboxylic acids is 1. The molecular formula is C11H17F3N2O. The van der Waals surface area contributed by atoms with Crippen LogP contribution >= 0.6 is 0 Å². The van der Waals surface area contributed by atoms with Crippen molar-refractivity contribution in [1.29, 1.82) is 0 Å². The number of hydrogen-bond donors (Lipinski definition) is 1. The molecule has 2 aliphatic rings. The third kappa shape index (κ3) is 2.91. The van der Waals surface area contributed by atoms with Gasteiger partial charge >= 0.3 is 6.18 Å². The van der Waals surface area contributed by atoms with Crippen molar-refractivity contribution in [3.63, 3.8) is 0 Å². The molecule has 17 heavy (non-hydrogen) atoms. The SMILES string of the molecule is O=C(C1CCNCC1)N1CC[C@H](C(F)(F)F)C1. The van der Waals surface area contributed by atoms with Gasteiger partial charge in [0.15, 0.2) is 0 Å². The van der Waals surface area contributed by atoms with Crippen molar-refractivity contribution in [3.05, 3.63) is 0 Å². The van der Waals surface area contributed by atoms with Crippen molar-refractivity contribution in [2.75, 3.05) is 26.2 Å². The summed E-state index contributed by atoms with van der Waals surface area (Å²) in [5.74, 6) is -1.49. The molecule has 0 unspecified atom stereocenters. The first-order valence-electron chi connectivity index (χ1n) is 6.04. The molecule has 2 saturated heterocycles. The van der Waals surface area contributed by atoms with Crippen LogP contribution in [0.5, 0.6) is 0 Å². The molecule has 0 spiro atoms. The number of hydrogen-bond acceptors (Lipinski definition) is 2. The summed E-state index contributed by atoms with van der Waals surface area (Å²) >= 11 is 0. The van der Waals surface area contributed by atoms with E-state index in [0.717, 1.165) is 25.9 Å². The fourth-order valence-electron chi connectivity index (χ4n) is 2.55. The van der Waals surface area contributed by atoms with Crippen molar-refractivity contribution in [1.82, 2.24) is 10.2 Å². The fraction of sp³-hybridized carbons (Fsp3) is 0.909. The maximum Gasteiger partial charge on any atom is 0.393 e. The molecule has 1 amide bonds. The Balaban J connectivity index is 1.89. The minimum atomic E-state index is -4.16. The Bertz CT molecular complexity index is 287. The Kier molecular flexibility index (Phi) is 3.61. The molecule has 0 bridgehead atoms. The zero-order valence-corrected chi connectivity index (χ0v) is 9.59. The molecule has 0 aromatic carbocycles. The summed E-state index contributed by atoms with van der Waals surface area (Å²) in [6.45, 7) is 1.68. The van der Waals surface area contributed by atoms with Crippen LogP contribution in [-0.4, -0.2) is 43.2 Å². The Hall–Kier alpha value is -0.780. The molecule has 2 aliphatic heterocycles. The number of rotatable bonds is 1. The van der Waals surface area contributed by atoms with Gasteiger partial charge in [-0.3, -0.25) is 4.79 Å². The number of piperidine rings is 1. The van der Waals surface area contributed by atoms with Crippen LogP contribution in [0.1, 0.15) is 19.3 Å². The van der Waals surface area contributed by atoms with Crippen molar-refractivity contribution >= 4 is 5.91 Å². The highest BCUT2D eigenvalue weighted by Crippen LogP contribution is 2.34. The van der Waals surface area contributed by atoms with Gasteiger partial charge in [-0.2, -0.15) is 13.2 Å². The molecule has 2 rings (SSSR count). The van der Waals surface area contributed by atoms with Gasteiger partial charge in [-0.15, -0.1) is 0 Å². The zero-order valence-electron chi connectivity index (χ0n) is 9.59. The first-order valence-corrected chi connectivity index (χ1v) is 6.04. The lowest BCUT2D eigenvalue weighted by molar-refractivity contribution is -0.171. The van der Waals surface area contributed by atoms with Gasteiger partial charge in [-0.25, -0.2) is 0 Å². The van der Waals surface area contributed by atoms with Gasteiger partial charge in [-0.05, 0) is 32.4 Å². The van der Waals surface area contributed by atoms with E-state index >= 15 is 0 Å². The third-order valence-electron chi connectivity index (χ3n) is 3.65. The van der Waals surface area contributed by atoms with E-state index < -0.39 is 12.1 Å². The lowest BCUT2D eigenvalue weighted by atomic mass is 9.97. The minimum absolute atomic E-state index is 0.0558. The molecule has 2 fully saturated rings. The van der Waals surface area contributed by atoms with E-state index in [1.807, 2.05) is 0 Å². The summed E-state index contributed by atoms with van der Waals surface area (Å²) in [5.41, 5.74) is 0. The summed E-state index contributed by atoms with van der Waals surface area (Å²) in [6, 6.07) is 0. The van der Waals surface area contributed by atoms with E-state index in [9.17, 15) is 18.0 Å². The molecule has 0 aromatic rings. The van der Waals surface area contributed by atoms with Crippen LogP contribution in [0.4, 0.5) is 13.2 Å². The predicted molar refractivity (Wildman–Crippen MR) is 56.3 cm³/mol. The first-order chi connectivity index (χ1) is 7.98. The number of halogens is 3. The van der Waals surface area contributed by atoms with Crippen LogP contribution in [0.15, 0.2) is 0 Å². The third-order valence-corrected chi connectivity index (χ3v) is 3.65. The van der Waals surface area contributed by atoms with Crippen molar-refractivity contribution in [3.8, 4) is 0 Å². The molecule has 0 radical (unpaired) electrons. The maximum atomic E-state index is 12.5. The zero-order chi connectivity index (χ0) is 12.5. The van der Waals surface area contributed by atoms with Crippen LogP contribution in [0.2, 0.25) is 0 Å². The van der Waals surface area contributed by atoms with Crippen LogP contribution in [-0.2, 0) is 4.79 Å². The second kappa shape index (κ2) is 4.84. The lowest BCUT2D eigenvalue weighted by Crippen LogP contribution is -2.40. The molecule has 2 heterocycles. The summed E-state index contributed by atoms with van der Waals surface area (Å²) in [5, 5.41) is 3.14. The van der Waals surface area contributed by atoms with E-state index in [1.54, 1.807) is 0 Å². The van der Waals surface area contributed by atoms with E-state index in [2.05, 4.69) is 5.32 Å². The molecule has 0 saturated carbocycles. The van der Waals surface area contributed by atoms with E-state index in [1.165, 1.54) is 4.90 Å². The summed E-state index contributed by atoms with van der Waals surface area (Å²) in [4.78, 5) is 13.4. The standard InChI is InChI=1S/C11H17F3N2O/c12-11(13,14)9-3-6-16(7-9)10(17)8-1-4-15-5-2-8/h8-9,15H,1-7H2/t9-/m0/s1. The number of nitrogens with zero attached hydrogens (tertiary/aromatic N) is 1. The Morgan fingerprint density at radius 1 is 1.18 bits per heavy atom. The van der Waals surface area contributed by atoms with Gasteiger partial charge in [0.05, 0.1) is 5.92 Å². The topological polar surface area (TPSA) is 32.3 Å². The van der Waals surface area contributed by atoms with Gasteiger partial charge in [0.1, 0.15) is 0 Å². The van der Waals surface area contributed by atoms with E-state index in [0.29, 0.717) is 0 Å². The molecule has 1 atom stereocenters. The molecule has 3 nitrogen and oxygen atoms in total. The van der Waals surface area contributed by atoms with Gasteiger partial charge < -0.3 is 10.2 Å². The highest BCUT2D eigenvalue weighted by atomic mass is 19.4. The van der Waals surface area contributed by atoms with Crippen LogP contribution in [0, 0.1) is 11.8 Å². The largest absolute Gasteiger partial charge is 0.393 e. The Morgan fingerprint density at radius 2 is 1.82 bits per heavy atom. The van der Waals surface area contributed by atoms with Gasteiger partial charge in [-0.1, -0.05) is 0 Å². The number of alkyl halides is 3. The molecular weight excluding hydrogens is 233 g/mol. The average molecular weight is 250 g/mol. The molecule has 98 valence electrons. The Morgan fingerprint density at radius 3 is 2.35 bits per heavy atom. The summed E-state index contributed by atoms with van der Waals surface area (Å²) < 4.78 is 37.5. The highest BCUT2D eigenvalue weighted by molar-refractivity contribution is 5.79. The predicted octanol–water partition coefficient (Wildman–Crippen LogP) is 1.40. The number of amides is 1. The number of nitrogens with one attached hydrogen (secondary N) is 1. The minimum Gasteiger partial charge on any atom is -0.342 e. The number of likely N-dealkylation sites (tertiary alicyclic amines) is 1. The quantitative estimate of drug-likeness (QED) is 0.763. The summed E-state index contributed by atoms with van der Waals surface area (Å²) in [7, 11) is 0. The maximum absolute atomic E-state index is 12.5. The van der Waals surface area contributed by atoms with E-state index in [4.69, 9.17) is 0 Å². The Labute approximate surface area is 98.3 Å². The average Bonchev–Trinajstić information content (AvgIpc) is 2.78. The second-order valence-electron chi connectivity index (χ2n) is 4.84. The fourth-order valence-corrected chi connectivity index (χ4v) is 2.55. The van der Waals surface area contributed by atoms with Crippen molar-refractivity contribution < 1.29 is 18.0 Å². The lowest BCUT2D eigenvalue weighted by Gasteiger charge is -2.27. The summed E-state index contributed by atoms with van der Waals surface area (Å²) in [6.07, 6.45) is -2.62. The van der Waals surface area contributed by atoms with E-state index in [-0.39, 0.29) is 31.3 Å². The first kappa shape index (κ1) is 12.7. The molecule has 0 aromatic heterocycles. The smallest absolute Gasteiger partial charge is 0.342 e. The van der Waals surface area contributed by atoms with Crippen molar-refractivity contribution in [2.45, 2.75) is 25.4 Å². The van der Waals surface area contributed by atoms with Crippen LogP contribution in [0.25, 0.3) is 0 Å². The van der Waals surface area contributed by atoms with Crippen LogP contribution in [0.3, 0.4) is 0 Å². The number of carbonyl (C=O) groups is 1. The van der Waals surface area contributed by atoms with Gasteiger partial charge in [0.2, 0.25) is 5.91 Å². The van der Waals surface area contributed by atoms with Crippen LogP contribution < -0.4 is 5.32 Å².